The molecule has 1 aromatic carbocycles. The van der Waals surface area contributed by atoms with Gasteiger partial charge >= 0.3 is 0 Å². The zero-order chi connectivity index (χ0) is 11.5. The van der Waals surface area contributed by atoms with Crippen LogP contribution >= 0.6 is 11.6 Å². The number of hydrogen-bond donors (Lipinski definition) is 1. The summed E-state index contributed by atoms with van der Waals surface area (Å²) in [6, 6.07) is 7.40. The Kier molecular flexibility index (Phi) is 3.34. The van der Waals surface area contributed by atoms with Gasteiger partial charge in [-0.2, -0.15) is 0 Å². The first kappa shape index (κ1) is 11.3. The molecule has 1 N–H and O–H groups in total. The molecule has 3 nitrogen and oxygen atoms in total. The van der Waals surface area contributed by atoms with Crippen molar-refractivity contribution in [2.75, 3.05) is 0 Å². The number of ether oxygens (including phenoxy) is 1. The van der Waals surface area contributed by atoms with Crippen LogP contribution in [0.4, 0.5) is 0 Å². The van der Waals surface area contributed by atoms with Crippen molar-refractivity contribution >= 4 is 17.5 Å². The first-order valence-corrected chi connectivity index (χ1v) is 5.75. The minimum absolute atomic E-state index is 0.0672. The van der Waals surface area contributed by atoms with E-state index in [4.69, 9.17) is 16.3 Å². The highest BCUT2D eigenvalue weighted by molar-refractivity contribution is 6.30. The van der Waals surface area contributed by atoms with Gasteiger partial charge in [0.25, 0.3) is 5.91 Å². The van der Waals surface area contributed by atoms with E-state index in [1.807, 2.05) is 0 Å². The third-order valence-electron chi connectivity index (χ3n) is 2.40. The normalized spacial score (nSPS) is 16.6. The highest BCUT2D eigenvalue weighted by atomic mass is 35.5. The molecular weight excluding hydrogens is 226 g/mol. The van der Waals surface area contributed by atoms with Crippen LogP contribution in [-0.2, 0) is 4.79 Å². The molecule has 0 unspecified atom stereocenters. The van der Waals surface area contributed by atoms with E-state index in [2.05, 4.69) is 5.32 Å². The molecule has 0 spiro atoms. The van der Waals surface area contributed by atoms with E-state index in [1.165, 1.54) is 0 Å². The third kappa shape index (κ3) is 3.14. The fourth-order valence-corrected chi connectivity index (χ4v) is 1.52. The van der Waals surface area contributed by atoms with E-state index >= 15 is 0 Å². The summed E-state index contributed by atoms with van der Waals surface area (Å²) in [6.07, 6.45) is 1.67. The minimum atomic E-state index is -0.487. The predicted molar refractivity (Wildman–Crippen MR) is 62.7 cm³/mol. The number of nitrogens with one attached hydrogen (secondary N) is 1. The Hall–Kier alpha value is -1.22. The van der Waals surface area contributed by atoms with E-state index in [0.29, 0.717) is 16.8 Å². The van der Waals surface area contributed by atoms with Crippen LogP contribution in [0.25, 0.3) is 0 Å². The molecular formula is C12H14ClNO2. The zero-order valence-corrected chi connectivity index (χ0v) is 9.83. The molecule has 1 amide bonds. The second-order valence-corrected chi connectivity index (χ2v) is 4.44. The van der Waals surface area contributed by atoms with Crippen LogP contribution in [-0.4, -0.2) is 18.1 Å². The average molecular weight is 240 g/mol. The van der Waals surface area contributed by atoms with Gasteiger partial charge in [0.2, 0.25) is 0 Å². The number of carbonyl (C=O) groups is 1. The highest BCUT2D eigenvalue weighted by Crippen LogP contribution is 2.20. The summed E-state index contributed by atoms with van der Waals surface area (Å²) in [6.45, 7) is 1.73. The molecule has 16 heavy (non-hydrogen) atoms. The van der Waals surface area contributed by atoms with Gasteiger partial charge in [-0.1, -0.05) is 17.7 Å². The fourth-order valence-electron chi connectivity index (χ4n) is 1.34. The molecule has 1 fully saturated rings. The number of hydrogen-bond acceptors (Lipinski definition) is 2. The van der Waals surface area contributed by atoms with E-state index in [-0.39, 0.29) is 5.91 Å². The van der Waals surface area contributed by atoms with Gasteiger partial charge < -0.3 is 10.1 Å². The van der Waals surface area contributed by atoms with Crippen LogP contribution in [0.1, 0.15) is 19.8 Å². The first-order chi connectivity index (χ1) is 7.65. The van der Waals surface area contributed by atoms with Gasteiger partial charge in [-0.15, -0.1) is 0 Å². The molecule has 1 aliphatic rings. The van der Waals surface area contributed by atoms with E-state index in [9.17, 15) is 4.79 Å². The number of halogens is 1. The Morgan fingerprint density at radius 2 is 2.31 bits per heavy atom. The Bertz CT molecular complexity index is 390. The van der Waals surface area contributed by atoms with Gasteiger partial charge in [-0.05, 0) is 38.0 Å². The Morgan fingerprint density at radius 1 is 1.56 bits per heavy atom. The van der Waals surface area contributed by atoms with E-state index in [1.54, 1.807) is 31.2 Å². The second-order valence-electron chi connectivity index (χ2n) is 4.00. The van der Waals surface area contributed by atoms with Crippen LogP contribution in [0, 0.1) is 0 Å². The molecule has 0 bridgehead atoms. The lowest BCUT2D eigenvalue weighted by atomic mass is 10.3. The summed E-state index contributed by atoms with van der Waals surface area (Å²) in [4.78, 5) is 11.6. The van der Waals surface area contributed by atoms with Gasteiger partial charge in [0.05, 0.1) is 0 Å². The number of rotatable bonds is 4. The van der Waals surface area contributed by atoms with Gasteiger partial charge in [0.15, 0.2) is 6.10 Å². The van der Waals surface area contributed by atoms with Crippen molar-refractivity contribution in [1.29, 1.82) is 0 Å². The van der Waals surface area contributed by atoms with Crippen molar-refractivity contribution in [2.45, 2.75) is 31.9 Å². The minimum Gasteiger partial charge on any atom is -0.481 e. The Labute approximate surface area is 99.7 Å². The smallest absolute Gasteiger partial charge is 0.260 e. The maximum Gasteiger partial charge on any atom is 0.260 e. The summed E-state index contributed by atoms with van der Waals surface area (Å²) >= 11 is 5.82. The molecule has 0 aliphatic heterocycles. The van der Waals surface area contributed by atoms with Crippen LogP contribution in [0.3, 0.4) is 0 Å². The Balaban J connectivity index is 1.90. The molecule has 1 aliphatic carbocycles. The van der Waals surface area contributed by atoms with Gasteiger partial charge in [0.1, 0.15) is 5.75 Å². The monoisotopic (exact) mass is 239 g/mol. The van der Waals surface area contributed by atoms with Crippen LogP contribution in [0.5, 0.6) is 5.75 Å². The first-order valence-electron chi connectivity index (χ1n) is 5.38. The summed E-state index contributed by atoms with van der Waals surface area (Å²) in [5, 5.41) is 3.50. The van der Waals surface area contributed by atoms with Gasteiger partial charge in [0, 0.05) is 11.1 Å². The quantitative estimate of drug-likeness (QED) is 0.876. The van der Waals surface area contributed by atoms with Crippen molar-refractivity contribution < 1.29 is 9.53 Å². The molecule has 1 atom stereocenters. The van der Waals surface area contributed by atoms with Crippen molar-refractivity contribution in [3.8, 4) is 5.75 Å². The van der Waals surface area contributed by atoms with Gasteiger partial charge in [-0.3, -0.25) is 4.79 Å². The molecule has 4 heteroatoms. The van der Waals surface area contributed by atoms with E-state index in [0.717, 1.165) is 12.8 Å². The Morgan fingerprint density at radius 3 is 2.94 bits per heavy atom. The van der Waals surface area contributed by atoms with Crippen LogP contribution in [0.2, 0.25) is 5.02 Å². The molecule has 0 heterocycles. The standard InChI is InChI=1S/C12H14ClNO2/c1-8(12(15)14-10-5-6-10)16-11-4-2-3-9(13)7-11/h2-4,7-8,10H,5-6H2,1H3,(H,14,15)/t8-/m0/s1. The summed E-state index contributed by atoms with van der Waals surface area (Å²) in [7, 11) is 0. The molecule has 1 aromatic rings. The number of benzene rings is 1. The van der Waals surface area contributed by atoms with Crippen molar-refractivity contribution in [3.05, 3.63) is 29.3 Å². The lowest BCUT2D eigenvalue weighted by Gasteiger charge is -2.14. The fraction of sp³-hybridized carbons (Fsp3) is 0.417. The molecule has 2 rings (SSSR count). The number of amides is 1. The van der Waals surface area contributed by atoms with E-state index < -0.39 is 6.10 Å². The topological polar surface area (TPSA) is 38.3 Å². The molecule has 1 saturated carbocycles. The lowest BCUT2D eigenvalue weighted by Crippen LogP contribution is -2.37. The molecule has 0 saturated heterocycles. The number of carbonyl (C=O) groups excluding carboxylic acids is 1. The average Bonchev–Trinajstić information content (AvgIpc) is 3.01. The maximum absolute atomic E-state index is 11.6. The maximum atomic E-state index is 11.6. The largest absolute Gasteiger partial charge is 0.481 e. The predicted octanol–water partition coefficient (Wildman–Crippen LogP) is 2.39. The lowest BCUT2D eigenvalue weighted by molar-refractivity contribution is -0.127. The summed E-state index contributed by atoms with van der Waals surface area (Å²) in [5.74, 6) is 0.549. The van der Waals surface area contributed by atoms with Crippen LogP contribution < -0.4 is 10.1 Å². The van der Waals surface area contributed by atoms with Crippen molar-refractivity contribution in [1.82, 2.24) is 5.32 Å². The highest BCUT2D eigenvalue weighted by Gasteiger charge is 2.26. The molecule has 0 radical (unpaired) electrons. The summed E-state index contributed by atoms with van der Waals surface area (Å²) in [5.41, 5.74) is 0. The summed E-state index contributed by atoms with van der Waals surface area (Å²) < 4.78 is 5.49. The molecule has 0 aromatic heterocycles. The molecule has 86 valence electrons. The zero-order valence-electron chi connectivity index (χ0n) is 9.07. The van der Waals surface area contributed by atoms with Crippen molar-refractivity contribution in [3.63, 3.8) is 0 Å². The second kappa shape index (κ2) is 4.74. The van der Waals surface area contributed by atoms with Gasteiger partial charge in [-0.25, -0.2) is 0 Å². The van der Waals surface area contributed by atoms with Crippen LogP contribution in [0.15, 0.2) is 24.3 Å². The third-order valence-corrected chi connectivity index (χ3v) is 2.64. The SMILES string of the molecule is C[C@H](Oc1cccc(Cl)c1)C(=O)NC1CC1. The van der Waals surface area contributed by atoms with Crippen molar-refractivity contribution in [2.24, 2.45) is 0 Å².